The van der Waals surface area contributed by atoms with Crippen LogP contribution in [0.5, 0.6) is 5.75 Å². The molecule has 0 aliphatic carbocycles. The van der Waals surface area contributed by atoms with Gasteiger partial charge in [-0.05, 0) is 29.2 Å². The monoisotopic (exact) mass is 343 g/mol. The van der Waals surface area contributed by atoms with Crippen LogP contribution >= 0.6 is 11.8 Å². The molecule has 3 nitrogen and oxygen atoms in total. The van der Waals surface area contributed by atoms with E-state index >= 15 is 0 Å². The third-order valence-electron chi connectivity index (χ3n) is 3.74. The lowest BCUT2D eigenvalue weighted by atomic mass is 10.1. The fourth-order valence-corrected chi connectivity index (χ4v) is 3.59. The predicted molar refractivity (Wildman–Crippen MR) is 101 cm³/mol. The van der Waals surface area contributed by atoms with E-state index in [4.69, 9.17) is 4.74 Å². The van der Waals surface area contributed by atoms with E-state index < -0.39 is 0 Å². The van der Waals surface area contributed by atoms with Crippen LogP contribution in [-0.2, 0) is 17.1 Å². The van der Waals surface area contributed by atoms with Gasteiger partial charge in [-0.3, -0.25) is 4.79 Å². The molecule has 0 heterocycles. The molecule has 0 aromatic heterocycles. The Bertz CT molecular complexity index is 643. The van der Waals surface area contributed by atoms with Gasteiger partial charge in [-0.25, -0.2) is 0 Å². The number of carbonyl (C=O) groups excluding carboxylic acids is 1. The van der Waals surface area contributed by atoms with Crippen LogP contribution in [0.15, 0.2) is 54.6 Å². The van der Waals surface area contributed by atoms with E-state index in [1.807, 2.05) is 42.5 Å². The zero-order chi connectivity index (χ0) is 17.4. The number of hydrogen-bond donors (Lipinski definition) is 1. The maximum atomic E-state index is 12.6. The number of nitrogens with one attached hydrogen (secondary N) is 1. The van der Waals surface area contributed by atoms with E-state index in [2.05, 4.69) is 31.3 Å². The summed E-state index contributed by atoms with van der Waals surface area (Å²) in [4.78, 5) is 12.6. The summed E-state index contributed by atoms with van der Waals surface area (Å²) >= 11 is 1.70. The molecule has 0 fully saturated rings. The summed E-state index contributed by atoms with van der Waals surface area (Å²) in [6.45, 7) is 4.70. The first-order chi connectivity index (χ1) is 11.6. The van der Waals surface area contributed by atoms with Gasteiger partial charge < -0.3 is 10.1 Å². The van der Waals surface area contributed by atoms with Crippen molar-refractivity contribution in [2.24, 2.45) is 5.92 Å². The molecular formula is C20H25NO2S. The van der Waals surface area contributed by atoms with Gasteiger partial charge in [0.15, 0.2) is 0 Å². The largest absolute Gasteiger partial charge is 0.497 e. The Morgan fingerprint density at radius 2 is 1.79 bits per heavy atom. The lowest BCUT2D eigenvalue weighted by Crippen LogP contribution is -2.35. The molecule has 0 radical (unpaired) electrons. The lowest BCUT2D eigenvalue weighted by molar-refractivity contribution is -0.121. The van der Waals surface area contributed by atoms with E-state index in [0.29, 0.717) is 6.54 Å². The predicted octanol–water partition coefficient (Wildman–Crippen LogP) is 4.27. The fraction of sp³-hybridized carbons (Fsp3) is 0.350. The quantitative estimate of drug-likeness (QED) is 0.778. The fourth-order valence-electron chi connectivity index (χ4n) is 2.40. The lowest BCUT2D eigenvalue weighted by Gasteiger charge is -2.20. The normalized spacial score (nSPS) is 12.0. The number of amides is 1. The zero-order valence-corrected chi connectivity index (χ0v) is 15.3. The molecule has 1 amide bonds. The number of carbonyl (C=O) groups is 1. The maximum Gasteiger partial charge on any atom is 0.233 e. The average Bonchev–Trinajstić information content (AvgIpc) is 2.61. The summed E-state index contributed by atoms with van der Waals surface area (Å²) in [5.41, 5.74) is 2.28. The number of thioether (sulfide) groups is 1. The first-order valence-electron chi connectivity index (χ1n) is 8.16. The van der Waals surface area contributed by atoms with Crippen LogP contribution < -0.4 is 10.1 Å². The number of ether oxygens (including phenoxy) is 1. The van der Waals surface area contributed by atoms with E-state index in [1.165, 1.54) is 5.56 Å². The smallest absolute Gasteiger partial charge is 0.233 e. The van der Waals surface area contributed by atoms with Crippen LogP contribution in [0, 0.1) is 5.92 Å². The second kappa shape index (κ2) is 9.38. The van der Waals surface area contributed by atoms with Crippen LogP contribution in [0.4, 0.5) is 0 Å². The van der Waals surface area contributed by atoms with Crippen LogP contribution in [0.25, 0.3) is 0 Å². The molecule has 128 valence electrons. The van der Waals surface area contributed by atoms with Gasteiger partial charge >= 0.3 is 0 Å². The standard InChI is InChI=1S/C20H25NO2S/c1-15(2)19(24-14-16-8-5-4-6-9-16)20(22)21-13-17-10-7-11-18(12-17)23-3/h4-12,15,19H,13-14H2,1-3H3,(H,21,22). The van der Waals surface area contributed by atoms with E-state index in [0.717, 1.165) is 17.1 Å². The molecule has 1 atom stereocenters. The third kappa shape index (κ3) is 5.60. The summed E-state index contributed by atoms with van der Waals surface area (Å²) < 4.78 is 5.22. The van der Waals surface area contributed by atoms with Crippen molar-refractivity contribution >= 4 is 17.7 Å². The highest BCUT2D eigenvalue weighted by atomic mass is 32.2. The molecule has 2 aromatic carbocycles. The summed E-state index contributed by atoms with van der Waals surface area (Å²) in [6, 6.07) is 18.0. The molecule has 1 N–H and O–H groups in total. The molecule has 4 heteroatoms. The van der Waals surface area contributed by atoms with Crippen molar-refractivity contribution in [1.82, 2.24) is 5.32 Å². The van der Waals surface area contributed by atoms with Gasteiger partial charge in [-0.2, -0.15) is 0 Å². The van der Waals surface area contributed by atoms with E-state index in [-0.39, 0.29) is 17.1 Å². The second-order valence-electron chi connectivity index (χ2n) is 6.03. The minimum Gasteiger partial charge on any atom is -0.497 e. The Morgan fingerprint density at radius 1 is 1.08 bits per heavy atom. The molecule has 24 heavy (non-hydrogen) atoms. The Morgan fingerprint density at radius 3 is 2.46 bits per heavy atom. The Hall–Kier alpha value is -1.94. The number of rotatable bonds is 8. The summed E-state index contributed by atoms with van der Waals surface area (Å²) in [7, 11) is 1.65. The van der Waals surface area contributed by atoms with Gasteiger partial charge in [0.05, 0.1) is 12.4 Å². The molecule has 0 saturated heterocycles. The maximum absolute atomic E-state index is 12.6. The van der Waals surface area contributed by atoms with E-state index in [1.54, 1.807) is 18.9 Å². The number of benzene rings is 2. The third-order valence-corrected chi connectivity index (χ3v) is 5.35. The minimum absolute atomic E-state index is 0.0594. The summed E-state index contributed by atoms with van der Waals surface area (Å²) in [5.74, 6) is 2.02. The topological polar surface area (TPSA) is 38.3 Å². The van der Waals surface area contributed by atoms with E-state index in [9.17, 15) is 4.79 Å². The summed E-state index contributed by atoms with van der Waals surface area (Å²) in [5, 5.41) is 2.99. The van der Waals surface area contributed by atoms with Crippen molar-refractivity contribution in [3.63, 3.8) is 0 Å². The number of methoxy groups -OCH3 is 1. The first-order valence-corrected chi connectivity index (χ1v) is 9.21. The highest BCUT2D eigenvalue weighted by Crippen LogP contribution is 2.24. The molecule has 0 saturated carbocycles. The molecule has 2 rings (SSSR count). The van der Waals surface area contributed by atoms with Gasteiger partial charge in [-0.1, -0.05) is 56.3 Å². The molecule has 1 unspecified atom stereocenters. The van der Waals surface area contributed by atoms with Crippen molar-refractivity contribution in [2.45, 2.75) is 31.4 Å². The summed E-state index contributed by atoms with van der Waals surface area (Å²) in [6.07, 6.45) is 0. The van der Waals surface area contributed by atoms with Crippen molar-refractivity contribution < 1.29 is 9.53 Å². The molecule has 0 aliphatic rings. The molecule has 0 aliphatic heterocycles. The molecule has 0 spiro atoms. The molecule has 0 bridgehead atoms. The first kappa shape index (κ1) is 18.4. The molecule has 2 aromatic rings. The van der Waals surface area contributed by atoms with Gasteiger partial charge in [-0.15, -0.1) is 11.8 Å². The molecular weight excluding hydrogens is 318 g/mol. The van der Waals surface area contributed by atoms with Crippen LogP contribution in [0.2, 0.25) is 0 Å². The van der Waals surface area contributed by atoms with Crippen molar-refractivity contribution in [1.29, 1.82) is 0 Å². The van der Waals surface area contributed by atoms with Crippen LogP contribution in [0.1, 0.15) is 25.0 Å². The Labute approximate surface area is 148 Å². The van der Waals surface area contributed by atoms with Gasteiger partial charge in [0.2, 0.25) is 5.91 Å². The highest BCUT2D eigenvalue weighted by Gasteiger charge is 2.22. The van der Waals surface area contributed by atoms with Crippen LogP contribution in [0.3, 0.4) is 0 Å². The Kier molecular flexibility index (Phi) is 7.19. The van der Waals surface area contributed by atoms with Crippen molar-refractivity contribution in [3.8, 4) is 5.75 Å². The highest BCUT2D eigenvalue weighted by molar-refractivity contribution is 7.99. The number of hydrogen-bond acceptors (Lipinski definition) is 3. The van der Waals surface area contributed by atoms with Gasteiger partial charge in [0.1, 0.15) is 5.75 Å². The Balaban J connectivity index is 1.91. The average molecular weight is 343 g/mol. The van der Waals surface area contributed by atoms with Crippen molar-refractivity contribution in [2.75, 3.05) is 7.11 Å². The second-order valence-corrected chi connectivity index (χ2v) is 7.16. The minimum atomic E-state index is -0.0594. The van der Waals surface area contributed by atoms with Gasteiger partial charge in [0.25, 0.3) is 0 Å². The zero-order valence-electron chi connectivity index (χ0n) is 14.5. The van der Waals surface area contributed by atoms with Gasteiger partial charge in [0, 0.05) is 12.3 Å². The SMILES string of the molecule is COc1cccc(CNC(=O)C(SCc2ccccc2)C(C)C)c1. The van der Waals surface area contributed by atoms with Crippen molar-refractivity contribution in [3.05, 3.63) is 65.7 Å². The van der Waals surface area contributed by atoms with Crippen LogP contribution in [-0.4, -0.2) is 18.3 Å².